The van der Waals surface area contributed by atoms with Gasteiger partial charge in [-0.05, 0) is 73.6 Å². The third-order valence-corrected chi connectivity index (χ3v) is 8.50. The zero-order valence-electron chi connectivity index (χ0n) is 24.8. The van der Waals surface area contributed by atoms with E-state index in [1.807, 2.05) is 18.2 Å². The molecule has 5 rings (SSSR count). The predicted octanol–water partition coefficient (Wildman–Crippen LogP) is 5.78. The molecule has 2 amide bonds. The van der Waals surface area contributed by atoms with Gasteiger partial charge in [0.05, 0.1) is 13.2 Å². The predicted molar refractivity (Wildman–Crippen MR) is 167 cm³/mol. The van der Waals surface area contributed by atoms with Gasteiger partial charge in [0.1, 0.15) is 5.75 Å². The minimum Gasteiger partial charge on any atom is -0.493 e. The lowest BCUT2D eigenvalue weighted by Gasteiger charge is -2.32. The molecule has 42 heavy (non-hydrogen) atoms. The van der Waals surface area contributed by atoms with Gasteiger partial charge in [-0.2, -0.15) is 0 Å². The van der Waals surface area contributed by atoms with Crippen LogP contribution >= 0.6 is 0 Å². The summed E-state index contributed by atoms with van der Waals surface area (Å²) in [5, 5.41) is 3.09. The number of nitrogens with zero attached hydrogens (tertiary/aromatic N) is 2. The first kappa shape index (κ1) is 29.8. The summed E-state index contributed by atoms with van der Waals surface area (Å²) in [5.74, 6) is 1.83. The van der Waals surface area contributed by atoms with Crippen molar-refractivity contribution in [3.8, 4) is 5.75 Å². The highest BCUT2D eigenvalue weighted by Crippen LogP contribution is 2.26. The third-order valence-electron chi connectivity index (χ3n) is 8.50. The number of likely N-dealkylation sites (tertiary alicyclic amines) is 1. The molecule has 0 saturated carbocycles. The molecule has 2 heterocycles. The molecule has 0 unspecified atom stereocenters. The molecule has 0 aliphatic carbocycles. The van der Waals surface area contributed by atoms with E-state index in [2.05, 4.69) is 75.8 Å². The van der Waals surface area contributed by atoms with Gasteiger partial charge in [-0.15, -0.1) is 0 Å². The lowest BCUT2D eigenvalue weighted by atomic mass is 9.90. The second-order valence-electron chi connectivity index (χ2n) is 11.8. The molecular weight excluding hydrogens is 522 g/mol. The van der Waals surface area contributed by atoms with E-state index >= 15 is 0 Å². The van der Waals surface area contributed by atoms with Gasteiger partial charge < -0.3 is 15.0 Å². The number of nitrogens with one attached hydrogen (secondary N) is 1. The van der Waals surface area contributed by atoms with Gasteiger partial charge in [-0.1, -0.05) is 72.8 Å². The van der Waals surface area contributed by atoms with Crippen LogP contribution in [0.4, 0.5) is 0 Å². The normalized spacial score (nSPS) is 17.6. The van der Waals surface area contributed by atoms with Gasteiger partial charge >= 0.3 is 0 Å². The topological polar surface area (TPSA) is 61.9 Å². The Labute approximate surface area is 251 Å². The van der Waals surface area contributed by atoms with Crippen LogP contribution in [-0.2, 0) is 35.5 Å². The largest absolute Gasteiger partial charge is 0.493 e. The minimum atomic E-state index is 0.0573. The summed E-state index contributed by atoms with van der Waals surface area (Å²) in [6.07, 6.45) is 7.40. The first-order valence-corrected chi connectivity index (χ1v) is 15.7. The first-order chi connectivity index (χ1) is 20.6. The molecule has 6 heteroatoms. The van der Waals surface area contributed by atoms with Gasteiger partial charge in [0.15, 0.2) is 0 Å². The fourth-order valence-electron chi connectivity index (χ4n) is 6.12. The number of ether oxygens (including phenoxy) is 1. The second kappa shape index (κ2) is 15.5. The summed E-state index contributed by atoms with van der Waals surface area (Å²) in [5.41, 5.74) is 4.77. The number of carbonyl (C=O) groups is 2. The lowest BCUT2D eigenvalue weighted by Crippen LogP contribution is -2.39. The molecule has 0 atom stereocenters. The number of piperidine rings is 1. The van der Waals surface area contributed by atoms with Crippen LogP contribution in [0.25, 0.3) is 0 Å². The number of amides is 2. The molecule has 0 aromatic heterocycles. The lowest BCUT2D eigenvalue weighted by molar-refractivity contribution is -0.132. The summed E-state index contributed by atoms with van der Waals surface area (Å²) in [7, 11) is 0. The average Bonchev–Trinajstić information content (AvgIpc) is 3.02. The number of hydrogen-bond acceptors (Lipinski definition) is 4. The zero-order valence-corrected chi connectivity index (χ0v) is 24.8. The van der Waals surface area contributed by atoms with Gasteiger partial charge in [-0.25, -0.2) is 0 Å². The minimum absolute atomic E-state index is 0.0573. The van der Waals surface area contributed by atoms with Gasteiger partial charge in [0.25, 0.3) is 0 Å². The van der Waals surface area contributed by atoms with Gasteiger partial charge in [0, 0.05) is 44.7 Å². The van der Waals surface area contributed by atoms with E-state index in [0.717, 1.165) is 68.5 Å². The standard InChI is InChI=1S/C36H45N3O3/c40-35-28-38(26-32-12-6-2-7-13-32)27-33-25-30(14-16-34(33)42-23-9-3-8-20-37-35)15-17-36(41)39-21-18-31(19-22-39)24-29-10-4-1-5-11-29/h1-2,4-7,10-14,16,25,31H,3,8-9,15,17-24,26-28H2,(H,37,40). The molecule has 2 aliphatic rings. The van der Waals surface area contributed by atoms with E-state index in [4.69, 9.17) is 4.74 Å². The van der Waals surface area contributed by atoms with E-state index in [9.17, 15) is 9.59 Å². The molecule has 6 nitrogen and oxygen atoms in total. The molecule has 2 aliphatic heterocycles. The maximum atomic E-state index is 13.2. The van der Waals surface area contributed by atoms with E-state index in [0.29, 0.717) is 51.5 Å². The quantitative estimate of drug-likeness (QED) is 0.393. The van der Waals surface area contributed by atoms with Crippen molar-refractivity contribution in [2.75, 3.05) is 32.8 Å². The molecule has 0 spiro atoms. The molecular formula is C36H45N3O3. The fourth-order valence-corrected chi connectivity index (χ4v) is 6.12. The van der Waals surface area contributed by atoms with Crippen LogP contribution in [-0.4, -0.2) is 54.4 Å². The highest BCUT2D eigenvalue weighted by molar-refractivity contribution is 5.78. The third kappa shape index (κ3) is 9.18. The van der Waals surface area contributed by atoms with Crippen LogP contribution in [0, 0.1) is 5.92 Å². The van der Waals surface area contributed by atoms with Crippen molar-refractivity contribution in [2.45, 2.75) is 64.5 Å². The molecule has 0 radical (unpaired) electrons. The summed E-state index contributed by atoms with van der Waals surface area (Å²) in [6.45, 7) is 4.68. The Morgan fingerprint density at radius 1 is 0.833 bits per heavy atom. The average molecular weight is 568 g/mol. The van der Waals surface area contributed by atoms with E-state index in [1.54, 1.807) is 0 Å². The highest BCUT2D eigenvalue weighted by atomic mass is 16.5. The van der Waals surface area contributed by atoms with E-state index < -0.39 is 0 Å². The maximum Gasteiger partial charge on any atom is 0.234 e. The molecule has 1 N–H and O–H groups in total. The number of hydrogen-bond donors (Lipinski definition) is 1. The Morgan fingerprint density at radius 3 is 2.33 bits per heavy atom. The first-order valence-electron chi connectivity index (χ1n) is 15.7. The zero-order chi connectivity index (χ0) is 29.0. The van der Waals surface area contributed by atoms with Crippen LogP contribution in [0.15, 0.2) is 78.9 Å². The summed E-state index contributed by atoms with van der Waals surface area (Å²) >= 11 is 0. The molecule has 1 saturated heterocycles. The van der Waals surface area contributed by atoms with Crippen molar-refractivity contribution in [3.05, 3.63) is 101 Å². The van der Waals surface area contributed by atoms with E-state index in [-0.39, 0.29) is 11.8 Å². The number of aryl methyl sites for hydroxylation is 1. The molecule has 3 aromatic carbocycles. The Bertz CT molecular complexity index is 1270. The summed E-state index contributed by atoms with van der Waals surface area (Å²) < 4.78 is 6.25. The Kier molecular flexibility index (Phi) is 11.0. The van der Waals surface area contributed by atoms with Crippen molar-refractivity contribution < 1.29 is 14.3 Å². The van der Waals surface area contributed by atoms with Crippen LogP contribution in [0.2, 0.25) is 0 Å². The molecule has 222 valence electrons. The highest BCUT2D eigenvalue weighted by Gasteiger charge is 2.23. The molecule has 3 aromatic rings. The van der Waals surface area contributed by atoms with Crippen molar-refractivity contribution in [3.63, 3.8) is 0 Å². The Morgan fingerprint density at radius 2 is 1.57 bits per heavy atom. The van der Waals surface area contributed by atoms with E-state index in [1.165, 1.54) is 11.1 Å². The van der Waals surface area contributed by atoms with Crippen LogP contribution in [0.3, 0.4) is 0 Å². The number of fused-ring (bicyclic) bond motifs is 1. The van der Waals surface area contributed by atoms with Crippen molar-refractivity contribution in [1.29, 1.82) is 0 Å². The monoisotopic (exact) mass is 567 g/mol. The van der Waals surface area contributed by atoms with Crippen LogP contribution < -0.4 is 10.1 Å². The fraction of sp³-hybridized carbons (Fsp3) is 0.444. The van der Waals surface area contributed by atoms with Crippen LogP contribution in [0.5, 0.6) is 5.75 Å². The smallest absolute Gasteiger partial charge is 0.234 e. The summed E-state index contributed by atoms with van der Waals surface area (Å²) in [4.78, 5) is 30.2. The van der Waals surface area contributed by atoms with Crippen molar-refractivity contribution >= 4 is 11.8 Å². The molecule has 0 bridgehead atoms. The number of rotatable bonds is 7. The number of benzene rings is 3. The maximum absolute atomic E-state index is 13.2. The second-order valence-corrected chi connectivity index (χ2v) is 11.8. The Hall–Kier alpha value is -3.64. The Balaban J connectivity index is 1.21. The number of carbonyl (C=O) groups excluding carboxylic acids is 2. The van der Waals surface area contributed by atoms with Crippen molar-refractivity contribution in [1.82, 2.24) is 15.1 Å². The van der Waals surface area contributed by atoms with Gasteiger partial charge in [-0.3, -0.25) is 14.5 Å². The molecule has 1 fully saturated rings. The van der Waals surface area contributed by atoms with Gasteiger partial charge in [0.2, 0.25) is 11.8 Å². The van der Waals surface area contributed by atoms with Crippen molar-refractivity contribution in [2.24, 2.45) is 5.92 Å². The summed E-state index contributed by atoms with van der Waals surface area (Å²) in [6, 6.07) is 27.3. The van der Waals surface area contributed by atoms with Crippen LogP contribution in [0.1, 0.15) is 60.8 Å². The SMILES string of the molecule is O=C1CN(Cc2ccccc2)Cc2cc(CCC(=O)N3CCC(Cc4ccccc4)CC3)ccc2OCCCCCN1.